The Morgan fingerprint density at radius 2 is 1.68 bits per heavy atom. The van der Waals surface area contributed by atoms with Crippen molar-refractivity contribution in [2.24, 2.45) is 5.73 Å². The van der Waals surface area contributed by atoms with Gasteiger partial charge in [-0.2, -0.15) is 0 Å². The molecule has 7 heteroatoms. The van der Waals surface area contributed by atoms with Crippen LogP contribution in [0.2, 0.25) is 5.02 Å². The van der Waals surface area contributed by atoms with Crippen molar-refractivity contribution in [2.75, 3.05) is 26.9 Å². The number of hydrogen-bond donors (Lipinski definition) is 1. The average Bonchev–Trinajstić information content (AvgIpc) is 2.60. The van der Waals surface area contributed by atoms with Gasteiger partial charge in [0.15, 0.2) is 23.0 Å². The van der Waals surface area contributed by atoms with Gasteiger partial charge in [-0.25, -0.2) is 0 Å². The molecule has 5 nitrogen and oxygen atoms in total. The largest absolute Gasteiger partial charge is 0.493 e. The quantitative estimate of drug-likeness (QED) is 0.526. The summed E-state index contributed by atoms with van der Waals surface area (Å²) in [4.78, 5) is 0.239. The summed E-state index contributed by atoms with van der Waals surface area (Å²) in [6.45, 7) is 3.09. The second kappa shape index (κ2) is 9.34. The zero-order chi connectivity index (χ0) is 18.2. The van der Waals surface area contributed by atoms with Gasteiger partial charge in [-0.15, -0.1) is 0 Å². The van der Waals surface area contributed by atoms with E-state index in [4.69, 9.17) is 48.5 Å². The molecule has 0 saturated carbocycles. The Labute approximate surface area is 157 Å². The van der Waals surface area contributed by atoms with Crippen LogP contribution in [0, 0.1) is 0 Å². The minimum Gasteiger partial charge on any atom is -0.493 e. The van der Waals surface area contributed by atoms with E-state index in [2.05, 4.69) is 0 Å². The molecule has 0 atom stereocenters. The number of ether oxygens (including phenoxy) is 4. The molecule has 2 aromatic rings. The first-order chi connectivity index (χ1) is 12.1. The second-order valence-corrected chi connectivity index (χ2v) is 5.78. The number of rotatable bonds is 9. The van der Waals surface area contributed by atoms with E-state index in [0.717, 1.165) is 0 Å². The van der Waals surface area contributed by atoms with E-state index < -0.39 is 0 Å². The smallest absolute Gasteiger partial charge is 0.179 e. The van der Waals surface area contributed by atoms with Crippen molar-refractivity contribution < 1.29 is 18.9 Å². The highest BCUT2D eigenvalue weighted by atomic mass is 35.5. The number of halogens is 1. The van der Waals surface area contributed by atoms with Crippen molar-refractivity contribution in [2.45, 2.75) is 6.92 Å². The number of thiocarbonyl (C=S) groups is 1. The van der Waals surface area contributed by atoms with E-state index in [-0.39, 0.29) is 11.6 Å². The Balaban J connectivity index is 1.99. The molecule has 0 spiro atoms. The van der Waals surface area contributed by atoms with Crippen LogP contribution in [-0.4, -0.2) is 31.9 Å². The Morgan fingerprint density at radius 1 is 1.04 bits per heavy atom. The molecule has 2 rings (SSSR count). The predicted molar refractivity (Wildman–Crippen MR) is 102 cm³/mol. The van der Waals surface area contributed by atoms with Crippen LogP contribution in [0.3, 0.4) is 0 Å². The van der Waals surface area contributed by atoms with Crippen molar-refractivity contribution in [3.8, 4) is 23.0 Å². The van der Waals surface area contributed by atoms with E-state index in [1.54, 1.807) is 12.1 Å². The molecule has 0 heterocycles. The topological polar surface area (TPSA) is 62.9 Å². The van der Waals surface area contributed by atoms with Gasteiger partial charge in [-0.3, -0.25) is 0 Å². The molecule has 0 aliphatic rings. The zero-order valence-corrected chi connectivity index (χ0v) is 15.7. The lowest BCUT2D eigenvalue weighted by molar-refractivity contribution is 0.203. The van der Waals surface area contributed by atoms with Crippen LogP contribution >= 0.6 is 23.8 Å². The number of para-hydroxylation sites is 2. The fourth-order valence-corrected chi connectivity index (χ4v) is 2.52. The number of benzene rings is 2. The number of methoxy groups -OCH3 is 1. The summed E-state index contributed by atoms with van der Waals surface area (Å²) in [7, 11) is 1.52. The lowest BCUT2D eigenvalue weighted by atomic mass is 10.2. The molecular formula is C18H20ClNO4S. The van der Waals surface area contributed by atoms with Gasteiger partial charge in [0.25, 0.3) is 0 Å². The highest BCUT2D eigenvalue weighted by molar-refractivity contribution is 7.80. The molecule has 0 amide bonds. The van der Waals surface area contributed by atoms with E-state index >= 15 is 0 Å². The molecule has 0 radical (unpaired) electrons. The number of nitrogens with two attached hydrogens (primary N) is 1. The van der Waals surface area contributed by atoms with Gasteiger partial charge in [0.05, 0.1) is 18.7 Å². The van der Waals surface area contributed by atoms with Crippen LogP contribution in [0.25, 0.3) is 0 Å². The summed E-state index contributed by atoms with van der Waals surface area (Å²) in [5.41, 5.74) is 6.24. The van der Waals surface area contributed by atoms with Crippen molar-refractivity contribution in [3.63, 3.8) is 0 Å². The second-order valence-electron chi connectivity index (χ2n) is 4.93. The van der Waals surface area contributed by atoms with Gasteiger partial charge in [-0.05, 0) is 31.2 Å². The van der Waals surface area contributed by atoms with Crippen molar-refractivity contribution in [1.29, 1.82) is 0 Å². The lowest BCUT2D eigenvalue weighted by Gasteiger charge is -2.15. The zero-order valence-electron chi connectivity index (χ0n) is 14.1. The van der Waals surface area contributed by atoms with E-state index in [9.17, 15) is 0 Å². The third-order valence-corrected chi connectivity index (χ3v) is 3.77. The standard InChI is InChI=1S/C18H20ClNO4S/c1-3-22-14-6-4-5-7-15(14)23-8-9-24-17-13(19)10-12(18(20)25)11-16(17)21-2/h4-7,10-11H,3,8-9H2,1-2H3,(H2,20,25). The van der Waals surface area contributed by atoms with E-state index in [1.165, 1.54) is 7.11 Å². The summed E-state index contributed by atoms with van der Waals surface area (Å²) in [6.07, 6.45) is 0. The molecule has 0 fully saturated rings. The first-order valence-corrected chi connectivity index (χ1v) is 8.50. The molecule has 2 aromatic carbocycles. The van der Waals surface area contributed by atoms with Crippen LogP contribution < -0.4 is 24.7 Å². The monoisotopic (exact) mass is 381 g/mol. The van der Waals surface area contributed by atoms with Crippen molar-refractivity contribution in [3.05, 3.63) is 47.0 Å². The highest BCUT2D eigenvalue weighted by Gasteiger charge is 2.13. The Hall–Kier alpha value is -2.18. The minimum absolute atomic E-state index is 0.239. The molecule has 0 aromatic heterocycles. The van der Waals surface area contributed by atoms with Crippen LogP contribution in [0.5, 0.6) is 23.0 Å². The first-order valence-electron chi connectivity index (χ1n) is 7.71. The summed E-state index contributed by atoms with van der Waals surface area (Å²) in [5.74, 6) is 2.24. The molecule has 0 aliphatic heterocycles. The van der Waals surface area contributed by atoms with Gasteiger partial charge < -0.3 is 24.7 Å². The normalized spacial score (nSPS) is 10.2. The maximum Gasteiger partial charge on any atom is 0.179 e. The molecule has 134 valence electrons. The molecule has 25 heavy (non-hydrogen) atoms. The van der Waals surface area contributed by atoms with Gasteiger partial charge in [0, 0.05) is 5.56 Å². The maximum atomic E-state index is 6.24. The SMILES string of the molecule is CCOc1ccccc1OCCOc1c(Cl)cc(C(N)=S)cc1OC. The molecule has 0 unspecified atom stereocenters. The molecule has 2 N–H and O–H groups in total. The fraction of sp³-hybridized carbons (Fsp3) is 0.278. The van der Waals surface area contributed by atoms with Crippen LogP contribution in [0.4, 0.5) is 0 Å². The van der Waals surface area contributed by atoms with E-state index in [1.807, 2.05) is 31.2 Å². The average molecular weight is 382 g/mol. The molecular weight excluding hydrogens is 362 g/mol. The van der Waals surface area contributed by atoms with Gasteiger partial charge in [-0.1, -0.05) is 36.0 Å². The lowest BCUT2D eigenvalue weighted by Crippen LogP contribution is -2.12. The summed E-state index contributed by atoms with van der Waals surface area (Å²) >= 11 is 11.2. The number of hydrogen-bond acceptors (Lipinski definition) is 5. The van der Waals surface area contributed by atoms with Gasteiger partial charge in [0.2, 0.25) is 0 Å². The molecule has 0 aliphatic carbocycles. The summed E-state index contributed by atoms with van der Waals surface area (Å²) in [6, 6.07) is 10.8. The fourth-order valence-electron chi connectivity index (χ4n) is 2.14. The Bertz CT molecular complexity index is 739. The van der Waals surface area contributed by atoms with Crippen molar-refractivity contribution in [1.82, 2.24) is 0 Å². The minimum atomic E-state index is 0.239. The highest BCUT2D eigenvalue weighted by Crippen LogP contribution is 2.36. The predicted octanol–water partition coefficient (Wildman–Crippen LogP) is 3.84. The van der Waals surface area contributed by atoms with Gasteiger partial charge >= 0.3 is 0 Å². The maximum absolute atomic E-state index is 6.24. The molecule has 0 saturated heterocycles. The summed E-state index contributed by atoms with van der Waals surface area (Å²) < 4.78 is 22.2. The van der Waals surface area contributed by atoms with Crippen LogP contribution in [-0.2, 0) is 0 Å². The van der Waals surface area contributed by atoms with E-state index in [0.29, 0.717) is 46.8 Å². The first kappa shape index (κ1) is 19.1. The Morgan fingerprint density at radius 3 is 2.28 bits per heavy atom. The van der Waals surface area contributed by atoms with Gasteiger partial charge in [0.1, 0.15) is 18.2 Å². The summed E-state index contributed by atoms with van der Waals surface area (Å²) in [5, 5.41) is 0.372. The molecule has 0 bridgehead atoms. The third kappa shape index (κ3) is 5.14. The van der Waals surface area contributed by atoms with Crippen molar-refractivity contribution >= 4 is 28.8 Å². The Kier molecular flexibility index (Phi) is 7.16. The van der Waals surface area contributed by atoms with Crippen LogP contribution in [0.15, 0.2) is 36.4 Å². The third-order valence-electron chi connectivity index (χ3n) is 3.25. The van der Waals surface area contributed by atoms with Crippen LogP contribution in [0.1, 0.15) is 12.5 Å².